The zero-order chi connectivity index (χ0) is 26.1. The Bertz CT molecular complexity index is 1270. The summed E-state index contributed by atoms with van der Waals surface area (Å²) in [4.78, 5) is 10.6. The Hall–Kier alpha value is -3.13. The van der Waals surface area contributed by atoms with Crippen LogP contribution in [-0.4, -0.2) is 42.3 Å². The Morgan fingerprint density at radius 1 is 1.03 bits per heavy atom. The summed E-state index contributed by atoms with van der Waals surface area (Å²) in [6.07, 6.45) is 5.34. The highest BCUT2D eigenvalue weighted by Gasteiger charge is 2.26. The predicted molar refractivity (Wildman–Crippen MR) is 139 cm³/mol. The van der Waals surface area contributed by atoms with Crippen molar-refractivity contribution in [2.75, 3.05) is 25.1 Å². The number of benzene rings is 2. The van der Waals surface area contributed by atoms with Gasteiger partial charge in [0.05, 0.1) is 18.4 Å². The van der Waals surface area contributed by atoms with Crippen LogP contribution in [0.2, 0.25) is 0 Å². The van der Waals surface area contributed by atoms with Gasteiger partial charge in [0.1, 0.15) is 23.9 Å². The van der Waals surface area contributed by atoms with E-state index in [2.05, 4.69) is 15.3 Å². The molecule has 1 aliphatic heterocycles. The molecule has 1 saturated carbocycles. The molecule has 0 atom stereocenters. The second-order valence-electron chi connectivity index (χ2n) is 10.3. The summed E-state index contributed by atoms with van der Waals surface area (Å²) in [6.45, 7) is 5.03. The van der Waals surface area contributed by atoms with Gasteiger partial charge in [-0.3, -0.25) is 0 Å². The Morgan fingerprint density at radius 2 is 1.81 bits per heavy atom. The molecule has 5 nitrogen and oxygen atoms in total. The lowest BCUT2D eigenvalue weighted by Crippen LogP contribution is -2.38. The summed E-state index contributed by atoms with van der Waals surface area (Å²) in [5, 5.41) is 3.31. The van der Waals surface area contributed by atoms with E-state index in [4.69, 9.17) is 4.74 Å². The average Bonchev–Trinajstić information content (AvgIpc) is 2.89. The zero-order valence-electron chi connectivity index (χ0n) is 21.5. The van der Waals surface area contributed by atoms with Gasteiger partial charge in [-0.15, -0.1) is 0 Å². The van der Waals surface area contributed by atoms with Crippen LogP contribution < -0.4 is 15.0 Å². The topological polar surface area (TPSA) is 50.3 Å². The number of nitrogens with one attached hydrogen (secondary N) is 1. The second kappa shape index (κ2) is 10.7. The van der Waals surface area contributed by atoms with Crippen LogP contribution in [0.4, 0.5) is 18.9 Å². The summed E-state index contributed by atoms with van der Waals surface area (Å²) in [7, 11) is 1.97. The molecule has 0 unspecified atom stereocenters. The summed E-state index contributed by atoms with van der Waals surface area (Å²) >= 11 is 0. The normalized spacial score (nSPS) is 19.6. The van der Waals surface area contributed by atoms with Gasteiger partial charge in [0.15, 0.2) is 17.4 Å². The molecule has 1 aromatic heterocycles. The Morgan fingerprint density at radius 3 is 2.51 bits per heavy atom. The van der Waals surface area contributed by atoms with E-state index < -0.39 is 11.6 Å². The molecule has 196 valence electrons. The van der Waals surface area contributed by atoms with E-state index in [1.165, 1.54) is 12.1 Å². The van der Waals surface area contributed by atoms with E-state index in [1.807, 2.05) is 37.9 Å². The van der Waals surface area contributed by atoms with Gasteiger partial charge in [0, 0.05) is 24.1 Å². The van der Waals surface area contributed by atoms with E-state index in [0.29, 0.717) is 41.8 Å². The molecule has 1 fully saturated rings. The number of fused-ring (bicyclic) bond motifs is 1. The number of halogens is 3. The SMILES string of the molecule is CNC1CCC(c2ccc(Cc3ncc(F)c(-c4cc(F)c5c(c4)N(C(C)C)CCO5)n3)cc2F)CC1. The molecule has 0 saturated heterocycles. The molecule has 2 aromatic carbocycles. The molecular weight excluding hydrogens is 477 g/mol. The third-order valence-electron chi connectivity index (χ3n) is 7.61. The molecule has 8 heteroatoms. The van der Waals surface area contributed by atoms with E-state index in [-0.39, 0.29) is 35.6 Å². The van der Waals surface area contributed by atoms with Crippen molar-refractivity contribution >= 4 is 5.69 Å². The lowest BCUT2D eigenvalue weighted by atomic mass is 9.81. The summed E-state index contributed by atoms with van der Waals surface area (Å²) in [5.74, 6) is -0.686. The van der Waals surface area contributed by atoms with Gasteiger partial charge in [-0.25, -0.2) is 23.1 Å². The van der Waals surface area contributed by atoms with Crippen molar-refractivity contribution in [2.24, 2.45) is 0 Å². The Balaban J connectivity index is 1.39. The minimum Gasteiger partial charge on any atom is -0.486 e. The van der Waals surface area contributed by atoms with Crippen LogP contribution in [-0.2, 0) is 6.42 Å². The number of aromatic nitrogens is 2. The molecule has 3 aromatic rings. The van der Waals surface area contributed by atoms with Gasteiger partial charge in [0.25, 0.3) is 0 Å². The number of anilines is 1. The van der Waals surface area contributed by atoms with Crippen molar-refractivity contribution in [1.82, 2.24) is 15.3 Å². The van der Waals surface area contributed by atoms with Crippen molar-refractivity contribution in [3.63, 3.8) is 0 Å². The summed E-state index contributed by atoms with van der Waals surface area (Å²) in [5.41, 5.74) is 2.36. The maximum absolute atomic E-state index is 15.1. The third-order valence-corrected chi connectivity index (χ3v) is 7.61. The number of hydrogen-bond acceptors (Lipinski definition) is 5. The molecule has 37 heavy (non-hydrogen) atoms. The summed E-state index contributed by atoms with van der Waals surface area (Å²) in [6, 6.07) is 8.87. The van der Waals surface area contributed by atoms with Gasteiger partial charge in [-0.2, -0.15) is 0 Å². The fraction of sp³-hybridized carbons (Fsp3) is 0.448. The molecule has 0 radical (unpaired) electrons. The van der Waals surface area contributed by atoms with Crippen LogP contribution in [0.1, 0.15) is 62.4 Å². The van der Waals surface area contributed by atoms with Gasteiger partial charge < -0.3 is 15.0 Å². The van der Waals surface area contributed by atoms with E-state index >= 15 is 4.39 Å². The molecule has 0 spiro atoms. The van der Waals surface area contributed by atoms with E-state index in [0.717, 1.165) is 37.4 Å². The predicted octanol–water partition coefficient (Wildman–Crippen LogP) is 6.00. The Labute approximate surface area is 216 Å². The molecule has 1 N–H and O–H groups in total. The standard InChI is InChI=1S/C29H33F3N4O/c1-17(2)36-10-11-37-29-24(31)14-20(15-26(29)36)28-25(32)16-34-27(35-28)13-18-4-9-22(23(30)12-18)19-5-7-21(33-3)8-6-19/h4,9,12,14-17,19,21,33H,5-8,10-11,13H2,1-3H3. The first-order valence-electron chi connectivity index (χ1n) is 13.0. The smallest absolute Gasteiger partial charge is 0.178 e. The second-order valence-corrected chi connectivity index (χ2v) is 10.3. The third kappa shape index (κ3) is 5.30. The van der Waals surface area contributed by atoms with E-state index in [9.17, 15) is 8.78 Å². The minimum absolute atomic E-state index is 0.0133. The fourth-order valence-corrected chi connectivity index (χ4v) is 5.55. The number of nitrogens with zero attached hydrogens (tertiary/aromatic N) is 3. The number of rotatable bonds is 6. The fourth-order valence-electron chi connectivity index (χ4n) is 5.55. The highest BCUT2D eigenvalue weighted by Crippen LogP contribution is 2.39. The molecule has 5 rings (SSSR count). The first kappa shape index (κ1) is 25.5. The molecule has 0 bridgehead atoms. The zero-order valence-corrected chi connectivity index (χ0v) is 21.5. The van der Waals surface area contributed by atoms with Crippen molar-refractivity contribution < 1.29 is 17.9 Å². The van der Waals surface area contributed by atoms with Gasteiger partial charge in [-0.1, -0.05) is 12.1 Å². The van der Waals surface area contributed by atoms with Crippen LogP contribution in [0.25, 0.3) is 11.3 Å². The highest BCUT2D eigenvalue weighted by atomic mass is 19.1. The van der Waals surface area contributed by atoms with Crippen molar-refractivity contribution in [1.29, 1.82) is 0 Å². The van der Waals surface area contributed by atoms with Gasteiger partial charge in [-0.05, 0) is 81.8 Å². The first-order valence-corrected chi connectivity index (χ1v) is 13.0. The van der Waals surface area contributed by atoms with Crippen LogP contribution in [0, 0.1) is 17.5 Å². The quantitative estimate of drug-likeness (QED) is 0.441. The molecule has 0 amide bonds. The molecular formula is C29H33F3N4O. The lowest BCUT2D eigenvalue weighted by Gasteiger charge is -2.34. The number of ether oxygens (including phenoxy) is 1. The Kier molecular flexibility index (Phi) is 7.38. The van der Waals surface area contributed by atoms with Crippen molar-refractivity contribution in [2.45, 2.75) is 64.0 Å². The average molecular weight is 511 g/mol. The monoisotopic (exact) mass is 510 g/mol. The summed E-state index contributed by atoms with van der Waals surface area (Å²) < 4.78 is 50.4. The molecule has 2 heterocycles. The van der Waals surface area contributed by atoms with Crippen LogP contribution in [0.3, 0.4) is 0 Å². The first-order chi connectivity index (χ1) is 17.8. The highest BCUT2D eigenvalue weighted by molar-refractivity contribution is 5.72. The molecule has 2 aliphatic rings. The maximum Gasteiger partial charge on any atom is 0.178 e. The van der Waals surface area contributed by atoms with Crippen LogP contribution in [0.5, 0.6) is 5.75 Å². The van der Waals surface area contributed by atoms with Crippen molar-refractivity contribution in [3.8, 4) is 17.0 Å². The van der Waals surface area contributed by atoms with Gasteiger partial charge in [0.2, 0.25) is 0 Å². The lowest BCUT2D eigenvalue weighted by molar-refractivity contribution is 0.287. The largest absolute Gasteiger partial charge is 0.486 e. The van der Waals surface area contributed by atoms with Gasteiger partial charge >= 0.3 is 0 Å². The minimum atomic E-state index is -0.644. The maximum atomic E-state index is 15.1. The van der Waals surface area contributed by atoms with Crippen LogP contribution in [0.15, 0.2) is 36.5 Å². The van der Waals surface area contributed by atoms with Crippen LogP contribution >= 0.6 is 0 Å². The van der Waals surface area contributed by atoms with Crippen molar-refractivity contribution in [3.05, 3.63) is 70.9 Å². The number of hydrogen-bond donors (Lipinski definition) is 1. The molecule has 1 aliphatic carbocycles. The van der Waals surface area contributed by atoms with E-state index in [1.54, 1.807) is 6.07 Å².